The van der Waals surface area contributed by atoms with Crippen LogP contribution >= 0.6 is 0 Å². The number of nitrogens with one attached hydrogen (secondary N) is 2. The Morgan fingerprint density at radius 2 is 1.59 bits per heavy atom. The largest absolute Gasteiger partial charge is 0.494 e. The topological polar surface area (TPSA) is 111 Å². The monoisotopic (exact) mass is 468 g/mol. The van der Waals surface area contributed by atoms with Crippen molar-refractivity contribution in [2.24, 2.45) is 0 Å². The van der Waals surface area contributed by atoms with Crippen molar-refractivity contribution in [1.82, 2.24) is 5.32 Å². The summed E-state index contributed by atoms with van der Waals surface area (Å²) >= 11 is 0. The number of benzene rings is 2. The highest BCUT2D eigenvalue weighted by Crippen LogP contribution is 2.19. The van der Waals surface area contributed by atoms with Crippen molar-refractivity contribution in [3.8, 4) is 5.75 Å². The van der Waals surface area contributed by atoms with E-state index in [4.69, 9.17) is 9.47 Å². The first kappa shape index (κ1) is 26.6. The number of para-hydroxylation sites is 1. The molecule has 0 aromatic heterocycles. The van der Waals surface area contributed by atoms with Gasteiger partial charge in [0.25, 0.3) is 5.91 Å². The average molecular weight is 469 g/mol. The van der Waals surface area contributed by atoms with Crippen molar-refractivity contribution in [3.63, 3.8) is 0 Å². The van der Waals surface area contributed by atoms with Gasteiger partial charge in [0.2, 0.25) is 5.91 Å². The molecule has 0 fully saturated rings. The Balaban J connectivity index is 1.73. The van der Waals surface area contributed by atoms with Crippen LogP contribution in [0.1, 0.15) is 54.6 Å². The molecule has 2 aromatic rings. The van der Waals surface area contributed by atoms with E-state index in [1.165, 1.54) is 6.92 Å². The Kier molecular flexibility index (Phi) is 10.3. The van der Waals surface area contributed by atoms with Gasteiger partial charge in [-0.3, -0.25) is 19.2 Å². The van der Waals surface area contributed by atoms with E-state index in [0.29, 0.717) is 23.6 Å². The summed E-state index contributed by atoms with van der Waals surface area (Å²) < 4.78 is 10.6. The predicted octanol–water partition coefficient (Wildman–Crippen LogP) is 3.74. The molecule has 2 amide bonds. The summed E-state index contributed by atoms with van der Waals surface area (Å²) in [6.45, 7) is 7.52. The summed E-state index contributed by atoms with van der Waals surface area (Å²) in [5.41, 5.74) is 3.00. The Bertz CT molecular complexity index is 996. The van der Waals surface area contributed by atoms with Crippen molar-refractivity contribution < 1.29 is 28.7 Å². The molecule has 34 heavy (non-hydrogen) atoms. The second-order valence-corrected chi connectivity index (χ2v) is 7.96. The second-order valence-electron chi connectivity index (χ2n) is 7.96. The molecule has 8 heteroatoms. The maximum Gasteiger partial charge on any atom is 0.307 e. The molecule has 0 bridgehead atoms. The number of aryl methyl sites for hydroxylation is 2. The fourth-order valence-electron chi connectivity index (χ4n) is 3.13. The summed E-state index contributed by atoms with van der Waals surface area (Å²) in [6.07, 6.45) is -0.400. The fourth-order valence-corrected chi connectivity index (χ4v) is 3.13. The number of carbonyl (C=O) groups is 4. The van der Waals surface area contributed by atoms with Gasteiger partial charge in [-0.25, -0.2) is 0 Å². The third-order valence-corrected chi connectivity index (χ3v) is 5.05. The Labute approximate surface area is 200 Å². The molecule has 0 aliphatic carbocycles. The van der Waals surface area contributed by atoms with Gasteiger partial charge in [-0.1, -0.05) is 25.1 Å². The van der Waals surface area contributed by atoms with Crippen LogP contribution in [0, 0.1) is 13.8 Å². The van der Waals surface area contributed by atoms with Crippen molar-refractivity contribution in [1.29, 1.82) is 0 Å². The van der Waals surface area contributed by atoms with E-state index in [0.717, 1.165) is 17.5 Å². The first-order chi connectivity index (χ1) is 16.2. The summed E-state index contributed by atoms with van der Waals surface area (Å²) in [5, 5.41) is 5.22. The molecule has 0 aliphatic rings. The highest BCUT2D eigenvalue weighted by Gasteiger charge is 2.19. The second kappa shape index (κ2) is 13.1. The molecule has 0 radical (unpaired) electrons. The van der Waals surface area contributed by atoms with Crippen molar-refractivity contribution in [3.05, 3.63) is 59.2 Å². The normalized spacial score (nSPS) is 11.3. The van der Waals surface area contributed by atoms with Gasteiger partial charge in [-0.05, 0) is 62.6 Å². The molecular weight excluding hydrogens is 436 g/mol. The first-order valence-corrected chi connectivity index (χ1v) is 11.3. The summed E-state index contributed by atoms with van der Waals surface area (Å²) in [5.74, 6) is -1.18. The molecule has 1 atom stereocenters. The molecule has 8 nitrogen and oxygen atoms in total. The van der Waals surface area contributed by atoms with E-state index >= 15 is 0 Å². The lowest BCUT2D eigenvalue weighted by Gasteiger charge is -2.14. The van der Waals surface area contributed by atoms with Gasteiger partial charge in [0.15, 0.2) is 11.9 Å². The van der Waals surface area contributed by atoms with Crippen LogP contribution in [0.25, 0.3) is 0 Å². The summed E-state index contributed by atoms with van der Waals surface area (Å²) in [6, 6.07) is 12.4. The van der Waals surface area contributed by atoms with Gasteiger partial charge in [-0.2, -0.15) is 0 Å². The van der Waals surface area contributed by atoms with Crippen molar-refractivity contribution in [2.45, 2.75) is 53.1 Å². The number of ketones is 1. The highest BCUT2D eigenvalue weighted by molar-refractivity contribution is 5.98. The van der Waals surface area contributed by atoms with E-state index < -0.39 is 18.0 Å². The lowest BCUT2D eigenvalue weighted by atomic mass is 10.1. The number of hydrogen-bond donors (Lipinski definition) is 2. The standard InChI is InChI=1S/C26H32N2O6/c1-5-15-33-21-11-9-20(10-12-21)22(29)13-14-24(31)34-19(4)26(32)27-16-23(30)28-25-17(2)7-6-8-18(25)3/h6-12,19H,5,13-16H2,1-4H3,(H,27,32)(H,28,30). The molecule has 0 saturated heterocycles. The van der Waals surface area contributed by atoms with E-state index in [1.807, 2.05) is 39.0 Å². The number of Topliss-reactive ketones (excluding diaryl/α,β-unsaturated/α-hetero) is 1. The van der Waals surface area contributed by atoms with Crippen molar-refractivity contribution >= 4 is 29.3 Å². The molecule has 0 heterocycles. The Morgan fingerprint density at radius 1 is 0.941 bits per heavy atom. The number of anilines is 1. The quantitative estimate of drug-likeness (QED) is 0.363. The van der Waals surface area contributed by atoms with Crippen LogP contribution in [0.4, 0.5) is 5.69 Å². The van der Waals surface area contributed by atoms with Crippen LogP contribution in [0.5, 0.6) is 5.75 Å². The molecule has 0 aliphatic heterocycles. The number of carbonyl (C=O) groups excluding carboxylic acids is 4. The molecular formula is C26H32N2O6. The maximum atomic E-state index is 12.3. The fraction of sp³-hybridized carbons (Fsp3) is 0.385. The molecule has 0 saturated carbocycles. The molecule has 2 rings (SSSR count). The third kappa shape index (κ3) is 8.35. The van der Waals surface area contributed by atoms with Crippen LogP contribution in [0.15, 0.2) is 42.5 Å². The van der Waals surface area contributed by atoms with Crippen LogP contribution in [-0.4, -0.2) is 42.8 Å². The van der Waals surface area contributed by atoms with Gasteiger partial charge in [0, 0.05) is 17.7 Å². The minimum atomic E-state index is -1.09. The molecule has 2 N–H and O–H groups in total. The molecule has 1 unspecified atom stereocenters. The molecule has 0 spiro atoms. The average Bonchev–Trinajstić information content (AvgIpc) is 2.82. The van der Waals surface area contributed by atoms with Crippen LogP contribution < -0.4 is 15.4 Å². The molecule has 182 valence electrons. The zero-order valence-corrected chi connectivity index (χ0v) is 20.1. The maximum absolute atomic E-state index is 12.3. The van der Waals surface area contributed by atoms with Crippen LogP contribution in [-0.2, 0) is 19.1 Å². The highest BCUT2D eigenvalue weighted by atomic mass is 16.5. The zero-order chi connectivity index (χ0) is 25.1. The lowest BCUT2D eigenvalue weighted by Crippen LogP contribution is -2.40. The Hall–Kier alpha value is -3.68. The van der Waals surface area contributed by atoms with Crippen LogP contribution in [0.3, 0.4) is 0 Å². The predicted molar refractivity (Wildman–Crippen MR) is 129 cm³/mol. The van der Waals surface area contributed by atoms with Crippen LogP contribution in [0.2, 0.25) is 0 Å². The minimum absolute atomic E-state index is 0.0412. The van der Waals surface area contributed by atoms with Crippen molar-refractivity contribution in [2.75, 3.05) is 18.5 Å². The van der Waals surface area contributed by atoms with E-state index in [9.17, 15) is 19.2 Å². The van der Waals surface area contributed by atoms with Gasteiger partial charge in [0.05, 0.1) is 19.6 Å². The number of hydrogen-bond acceptors (Lipinski definition) is 6. The summed E-state index contributed by atoms with van der Waals surface area (Å²) in [4.78, 5) is 48.7. The number of ether oxygens (including phenoxy) is 2. The van der Waals surface area contributed by atoms with Gasteiger partial charge < -0.3 is 20.1 Å². The van der Waals surface area contributed by atoms with Gasteiger partial charge in [0.1, 0.15) is 5.75 Å². The smallest absolute Gasteiger partial charge is 0.307 e. The van der Waals surface area contributed by atoms with E-state index in [-0.39, 0.29) is 31.1 Å². The van der Waals surface area contributed by atoms with E-state index in [1.54, 1.807) is 24.3 Å². The third-order valence-electron chi connectivity index (χ3n) is 5.05. The van der Waals surface area contributed by atoms with E-state index in [2.05, 4.69) is 10.6 Å². The minimum Gasteiger partial charge on any atom is -0.494 e. The van der Waals surface area contributed by atoms with Gasteiger partial charge >= 0.3 is 5.97 Å². The lowest BCUT2D eigenvalue weighted by molar-refractivity contribution is -0.154. The summed E-state index contributed by atoms with van der Waals surface area (Å²) in [7, 11) is 0. The number of rotatable bonds is 12. The SMILES string of the molecule is CCCOc1ccc(C(=O)CCC(=O)OC(C)C(=O)NCC(=O)Nc2c(C)cccc2C)cc1. The first-order valence-electron chi connectivity index (χ1n) is 11.3. The number of amides is 2. The zero-order valence-electron chi connectivity index (χ0n) is 20.1. The Morgan fingerprint density at radius 3 is 2.21 bits per heavy atom. The number of esters is 1. The van der Waals surface area contributed by atoms with Gasteiger partial charge in [-0.15, -0.1) is 0 Å². The molecule has 2 aromatic carbocycles.